The maximum Gasteiger partial charge on any atom is 0.251 e. The van der Waals surface area contributed by atoms with E-state index in [1.54, 1.807) is 24.3 Å². The molecule has 136 valence electrons. The number of carbonyl (C=O) groups is 2. The zero-order valence-corrected chi connectivity index (χ0v) is 14.6. The van der Waals surface area contributed by atoms with E-state index in [1.165, 1.54) is 6.20 Å². The van der Waals surface area contributed by atoms with Gasteiger partial charge in [0.25, 0.3) is 5.91 Å². The number of pyridine rings is 1. The first-order valence-electron chi connectivity index (χ1n) is 8.46. The fourth-order valence-electron chi connectivity index (χ4n) is 2.35. The summed E-state index contributed by atoms with van der Waals surface area (Å²) in [6.45, 7) is 0.231. The lowest BCUT2D eigenvalue weighted by Gasteiger charge is -2.08. The molecule has 3 rings (SSSR count). The van der Waals surface area contributed by atoms with Crippen LogP contribution in [0.5, 0.6) is 5.88 Å². The quantitative estimate of drug-likeness (QED) is 0.678. The molecule has 6 heteroatoms. The Balaban J connectivity index is 1.51. The molecule has 0 saturated heterocycles. The van der Waals surface area contributed by atoms with Crippen LogP contribution in [0.1, 0.15) is 15.9 Å². The molecule has 0 saturated carbocycles. The molecule has 0 radical (unpaired) electrons. The normalized spacial score (nSPS) is 10.1. The van der Waals surface area contributed by atoms with Gasteiger partial charge in [-0.25, -0.2) is 4.98 Å². The summed E-state index contributed by atoms with van der Waals surface area (Å²) in [7, 11) is 0. The van der Waals surface area contributed by atoms with Crippen molar-refractivity contribution in [2.45, 2.75) is 6.61 Å². The number of aromatic nitrogens is 1. The Bertz CT molecular complexity index is 899. The Morgan fingerprint density at radius 3 is 2.37 bits per heavy atom. The predicted molar refractivity (Wildman–Crippen MR) is 102 cm³/mol. The molecule has 2 N–H and O–H groups in total. The third kappa shape index (κ3) is 5.67. The second-order valence-corrected chi connectivity index (χ2v) is 5.75. The van der Waals surface area contributed by atoms with Gasteiger partial charge in [0, 0.05) is 23.5 Å². The van der Waals surface area contributed by atoms with E-state index >= 15 is 0 Å². The highest BCUT2D eigenvalue weighted by Crippen LogP contribution is 2.12. The van der Waals surface area contributed by atoms with Crippen LogP contribution < -0.4 is 15.4 Å². The molecule has 0 atom stereocenters. The minimum absolute atomic E-state index is 0.129. The van der Waals surface area contributed by atoms with Gasteiger partial charge in [-0.3, -0.25) is 9.59 Å². The average Bonchev–Trinajstić information content (AvgIpc) is 2.72. The minimum Gasteiger partial charge on any atom is -0.473 e. The summed E-state index contributed by atoms with van der Waals surface area (Å²) >= 11 is 0. The van der Waals surface area contributed by atoms with Crippen molar-refractivity contribution in [2.75, 3.05) is 11.9 Å². The van der Waals surface area contributed by atoms with Crippen molar-refractivity contribution >= 4 is 17.5 Å². The molecule has 0 aliphatic heterocycles. The lowest BCUT2D eigenvalue weighted by atomic mass is 10.2. The van der Waals surface area contributed by atoms with Gasteiger partial charge in [-0.1, -0.05) is 48.5 Å². The number of nitrogens with one attached hydrogen (secondary N) is 2. The summed E-state index contributed by atoms with van der Waals surface area (Å²) in [4.78, 5) is 28.3. The summed E-state index contributed by atoms with van der Waals surface area (Å²) in [6, 6.07) is 21.9. The Hall–Kier alpha value is -3.67. The van der Waals surface area contributed by atoms with Gasteiger partial charge in [0.1, 0.15) is 6.61 Å². The summed E-state index contributed by atoms with van der Waals surface area (Å²) in [5.41, 5.74) is 2.06. The first-order chi connectivity index (χ1) is 13.2. The van der Waals surface area contributed by atoms with Gasteiger partial charge in [0.2, 0.25) is 11.8 Å². The van der Waals surface area contributed by atoms with Crippen LogP contribution in [-0.4, -0.2) is 23.3 Å². The van der Waals surface area contributed by atoms with Gasteiger partial charge in [0.15, 0.2) is 0 Å². The van der Waals surface area contributed by atoms with Crippen molar-refractivity contribution in [1.29, 1.82) is 0 Å². The number of benzene rings is 2. The van der Waals surface area contributed by atoms with Gasteiger partial charge in [-0.2, -0.15) is 0 Å². The van der Waals surface area contributed by atoms with Crippen LogP contribution in [0, 0.1) is 0 Å². The Morgan fingerprint density at radius 2 is 1.63 bits per heavy atom. The number of rotatable bonds is 7. The molecular weight excluding hydrogens is 342 g/mol. The standard InChI is InChI=1S/C21H19N3O3/c25-19(24-18-9-5-2-6-10-18)14-23-21(26)17-11-12-22-20(13-17)27-15-16-7-3-1-4-8-16/h1-13H,14-15H2,(H,23,26)(H,24,25). The number of amides is 2. The fourth-order valence-corrected chi connectivity index (χ4v) is 2.35. The average molecular weight is 361 g/mol. The second kappa shape index (κ2) is 9.15. The van der Waals surface area contributed by atoms with Crippen molar-refractivity contribution in [1.82, 2.24) is 10.3 Å². The molecule has 2 amide bonds. The number of nitrogens with zero attached hydrogens (tertiary/aromatic N) is 1. The fraction of sp³-hybridized carbons (Fsp3) is 0.0952. The molecule has 2 aromatic carbocycles. The molecule has 1 aromatic heterocycles. The molecule has 27 heavy (non-hydrogen) atoms. The van der Waals surface area contributed by atoms with E-state index in [2.05, 4.69) is 15.6 Å². The molecule has 0 bridgehead atoms. The minimum atomic E-state index is -0.370. The van der Waals surface area contributed by atoms with Crippen LogP contribution in [0.2, 0.25) is 0 Å². The molecule has 0 aliphatic rings. The zero-order valence-electron chi connectivity index (χ0n) is 14.6. The molecule has 0 aliphatic carbocycles. The summed E-state index contributed by atoms with van der Waals surface area (Å²) in [5.74, 6) is -0.324. The molecule has 3 aromatic rings. The van der Waals surface area contributed by atoms with Gasteiger partial charge in [0.05, 0.1) is 6.54 Å². The lowest BCUT2D eigenvalue weighted by Crippen LogP contribution is -2.32. The maximum atomic E-state index is 12.3. The first-order valence-corrected chi connectivity index (χ1v) is 8.46. The van der Waals surface area contributed by atoms with Gasteiger partial charge >= 0.3 is 0 Å². The summed E-state index contributed by atoms with van der Waals surface area (Å²) < 4.78 is 5.62. The number of carbonyl (C=O) groups excluding carboxylic acids is 2. The first kappa shape index (κ1) is 18.1. The maximum absolute atomic E-state index is 12.3. The molecule has 0 fully saturated rings. The topological polar surface area (TPSA) is 80.3 Å². The van der Waals surface area contributed by atoms with Crippen molar-refractivity contribution < 1.29 is 14.3 Å². The molecule has 0 unspecified atom stereocenters. The SMILES string of the molecule is O=C(CNC(=O)c1ccnc(OCc2ccccc2)c1)Nc1ccccc1. The van der Waals surface area contributed by atoms with Gasteiger partial charge in [-0.15, -0.1) is 0 Å². The zero-order chi connectivity index (χ0) is 18.9. The third-order valence-electron chi connectivity index (χ3n) is 3.69. The second-order valence-electron chi connectivity index (χ2n) is 5.75. The highest BCUT2D eigenvalue weighted by molar-refractivity contribution is 5.99. The number of hydrogen-bond donors (Lipinski definition) is 2. The Kier molecular flexibility index (Phi) is 6.14. The number of anilines is 1. The van der Waals surface area contributed by atoms with E-state index in [-0.39, 0.29) is 18.4 Å². The number of para-hydroxylation sites is 1. The van der Waals surface area contributed by atoms with Crippen molar-refractivity contribution in [3.8, 4) is 5.88 Å². The smallest absolute Gasteiger partial charge is 0.251 e. The predicted octanol–water partition coefficient (Wildman–Crippen LogP) is 3.03. The van der Waals surface area contributed by atoms with E-state index in [0.717, 1.165) is 5.56 Å². The highest BCUT2D eigenvalue weighted by Gasteiger charge is 2.10. The molecule has 0 spiro atoms. The van der Waals surface area contributed by atoms with Crippen LogP contribution in [0.3, 0.4) is 0 Å². The van der Waals surface area contributed by atoms with Crippen molar-refractivity contribution in [2.24, 2.45) is 0 Å². The Labute approximate surface area is 157 Å². The van der Waals surface area contributed by atoms with Crippen LogP contribution in [0.15, 0.2) is 79.0 Å². The number of ether oxygens (including phenoxy) is 1. The Morgan fingerprint density at radius 1 is 0.926 bits per heavy atom. The number of hydrogen-bond acceptors (Lipinski definition) is 4. The van der Waals surface area contributed by atoms with Crippen molar-refractivity contribution in [3.05, 3.63) is 90.1 Å². The van der Waals surface area contributed by atoms with Crippen LogP contribution in [0.25, 0.3) is 0 Å². The third-order valence-corrected chi connectivity index (χ3v) is 3.69. The van der Waals surface area contributed by atoms with Crippen LogP contribution in [0.4, 0.5) is 5.69 Å². The highest BCUT2D eigenvalue weighted by atomic mass is 16.5. The monoisotopic (exact) mass is 361 g/mol. The summed E-state index contributed by atoms with van der Waals surface area (Å²) in [6.07, 6.45) is 1.50. The van der Waals surface area contributed by atoms with E-state index in [0.29, 0.717) is 23.7 Å². The molecule has 6 nitrogen and oxygen atoms in total. The van der Waals surface area contributed by atoms with Crippen LogP contribution in [-0.2, 0) is 11.4 Å². The van der Waals surface area contributed by atoms with E-state index in [1.807, 2.05) is 48.5 Å². The molecule has 1 heterocycles. The van der Waals surface area contributed by atoms with E-state index < -0.39 is 0 Å². The van der Waals surface area contributed by atoms with E-state index in [4.69, 9.17) is 4.74 Å². The van der Waals surface area contributed by atoms with Crippen molar-refractivity contribution in [3.63, 3.8) is 0 Å². The van der Waals surface area contributed by atoms with E-state index in [9.17, 15) is 9.59 Å². The van der Waals surface area contributed by atoms with Gasteiger partial charge in [-0.05, 0) is 23.8 Å². The van der Waals surface area contributed by atoms with Crippen LogP contribution >= 0.6 is 0 Å². The van der Waals surface area contributed by atoms with Gasteiger partial charge < -0.3 is 15.4 Å². The lowest BCUT2D eigenvalue weighted by molar-refractivity contribution is -0.115. The molecular formula is C21H19N3O3. The largest absolute Gasteiger partial charge is 0.473 e. The summed E-state index contributed by atoms with van der Waals surface area (Å²) in [5, 5.41) is 5.29.